The second kappa shape index (κ2) is 12.0. The second-order valence-electron chi connectivity index (χ2n) is 10.7. The van der Waals surface area contributed by atoms with Gasteiger partial charge in [-0.15, -0.1) is 0 Å². The fraction of sp³-hybridized carbons (Fsp3) is 0.607. The highest BCUT2D eigenvalue weighted by atomic mass is 16.5. The van der Waals surface area contributed by atoms with Gasteiger partial charge in [-0.1, -0.05) is 42.5 Å². The third-order valence-electron chi connectivity index (χ3n) is 7.95. The van der Waals surface area contributed by atoms with E-state index in [9.17, 15) is 14.4 Å². The van der Waals surface area contributed by atoms with Crippen molar-refractivity contribution in [1.82, 2.24) is 20.4 Å². The fourth-order valence-electron chi connectivity index (χ4n) is 5.53. The van der Waals surface area contributed by atoms with Gasteiger partial charge in [0.05, 0.1) is 12.0 Å². The van der Waals surface area contributed by atoms with E-state index < -0.39 is 11.5 Å². The Morgan fingerprint density at radius 2 is 1.86 bits per heavy atom. The molecule has 0 bridgehead atoms. The van der Waals surface area contributed by atoms with Crippen molar-refractivity contribution in [3.63, 3.8) is 0 Å². The van der Waals surface area contributed by atoms with Crippen LogP contribution in [0.25, 0.3) is 0 Å². The first-order chi connectivity index (χ1) is 17.4. The number of allylic oxidation sites excluding steroid dienone is 2. The number of likely N-dealkylation sites (tertiary alicyclic amines) is 1. The van der Waals surface area contributed by atoms with Gasteiger partial charge in [0, 0.05) is 52.9 Å². The molecule has 3 atom stereocenters. The van der Waals surface area contributed by atoms with Crippen LogP contribution in [-0.2, 0) is 25.5 Å². The van der Waals surface area contributed by atoms with Crippen LogP contribution in [0.15, 0.2) is 42.5 Å². The molecule has 8 heteroatoms. The molecular weight excluding hydrogens is 456 g/mol. The Labute approximate surface area is 214 Å². The highest BCUT2D eigenvalue weighted by Gasteiger charge is 2.41. The van der Waals surface area contributed by atoms with Gasteiger partial charge in [0.1, 0.15) is 6.04 Å². The van der Waals surface area contributed by atoms with E-state index in [1.54, 1.807) is 19.0 Å². The van der Waals surface area contributed by atoms with E-state index in [1.807, 2.05) is 30.3 Å². The number of nitrogens with zero attached hydrogens (tertiary/aromatic N) is 2. The zero-order chi connectivity index (χ0) is 25.5. The quantitative estimate of drug-likeness (QED) is 0.620. The van der Waals surface area contributed by atoms with Gasteiger partial charge in [0.25, 0.3) is 0 Å². The summed E-state index contributed by atoms with van der Waals surface area (Å²) in [4.78, 5) is 43.3. The lowest BCUT2D eigenvalue weighted by Crippen LogP contribution is -2.58. The van der Waals surface area contributed by atoms with Crippen LogP contribution >= 0.6 is 0 Å². The van der Waals surface area contributed by atoms with Crippen molar-refractivity contribution in [2.24, 2.45) is 11.3 Å². The lowest BCUT2D eigenvalue weighted by Gasteiger charge is -2.40. The van der Waals surface area contributed by atoms with E-state index in [1.165, 1.54) is 0 Å². The molecule has 3 aliphatic heterocycles. The van der Waals surface area contributed by atoms with E-state index in [4.69, 9.17) is 4.74 Å². The number of hydrogen-bond acceptors (Lipinski definition) is 5. The molecule has 8 nitrogen and oxygen atoms in total. The number of nitrogens with one attached hydrogen (secondary N) is 2. The van der Waals surface area contributed by atoms with Gasteiger partial charge in [-0.3, -0.25) is 19.3 Å². The molecule has 196 valence electrons. The zero-order valence-electron chi connectivity index (χ0n) is 21.6. The topological polar surface area (TPSA) is 91.0 Å². The molecule has 3 amide bonds. The summed E-state index contributed by atoms with van der Waals surface area (Å²) in [6, 6.07) is 9.20. The Hall–Kier alpha value is -2.71. The van der Waals surface area contributed by atoms with Crippen molar-refractivity contribution in [3.8, 4) is 0 Å². The summed E-state index contributed by atoms with van der Waals surface area (Å²) < 4.78 is 5.57. The Bertz CT molecular complexity index is 942. The number of carbonyl (C=O) groups excluding carboxylic acids is 3. The maximum atomic E-state index is 13.6. The number of fused-ring (bicyclic) bond motifs is 1. The van der Waals surface area contributed by atoms with Gasteiger partial charge < -0.3 is 20.3 Å². The number of benzene rings is 1. The first kappa shape index (κ1) is 26.4. The number of piperidine rings is 1. The molecule has 2 N–H and O–H groups in total. The SMILES string of the molecule is CN(C)C(=O)CN1CC[C@H]2NC(=O)[C@@H](Cc3ccccc3)NC(=O)C3(C/C=C/C[C@H]2C1)CCOCC3. The maximum absolute atomic E-state index is 13.6. The van der Waals surface area contributed by atoms with E-state index in [2.05, 4.69) is 27.7 Å². The van der Waals surface area contributed by atoms with E-state index in [0.29, 0.717) is 45.4 Å². The van der Waals surface area contributed by atoms with Crippen molar-refractivity contribution in [1.29, 1.82) is 0 Å². The minimum Gasteiger partial charge on any atom is -0.381 e. The zero-order valence-corrected chi connectivity index (χ0v) is 21.6. The molecule has 36 heavy (non-hydrogen) atoms. The van der Waals surface area contributed by atoms with Crippen LogP contribution in [0.5, 0.6) is 0 Å². The van der Waals surface area contributed by atoms with Gasteiger partial charge in [-0.2, -0.15) is 0 Å². The molecule has 0 unspecified atom stereocenters. The number of ether oxygens (including phenoxy) is 1. The van der Waals surface area contributed by atoms with Crippen LogP contribution in [0.4, 0.5) is 0 Å². The molecular formula is C28H40N4O4. The first-order valence-corrected chi connectivity index (χ1v) is 13.2. The summed E-state index contributed by atoms with van der Waals surface area (Å²) in [5, 5.41) is 6.42. The molecule has 0 saturated carbocycles. The molecule has 2 saturated heterocycles. The third kappa shape index (κ3) is 6.53. The Morgan fingerprint density at radius 3 is 2.58 bits per heavy atom. The van der Waals surface area contributed by atoms with Crippen molar-refractivity contribution < 1.29 is 19.1 Å². The van der Waals surface area contributed by atoms with Gasteiger partial charge >= 0.3 is 0 Å². The van der Waals surface area contributed by atoms with Crippen LogP contribution in [0.1, 0.15) is 37.7 Å². The Kier molecular flexibility index (Phi) is 8.80. The number of carbonyl (C=O) groups is 3. The average molecular weight is 497 g/mol. The van der Waals surface area contributed by atoms with Gasteiger partial charge in [0.2, 0.25) is 17.7 Å². The normalized spacial score (nSPS) is 28.1. The standard InChI is InChI=1S/C28H40N4O4/c1-31(2)25(33)20-32-15-11-23-22(19-32)10-6-7-12-28(13-16-36-17-14-28)27(35)30-24(26(34)29-23)18-21-8-4-3-5-9-21/h3-9,22-24H,10-20H2,1-2H3,(H,29,34)(H,30,35)/b7-6+/t22-,23+,24+/m0/s1. The number of likely N-dealkylation sites (N-methyl/N-ethyl adjacent to an activating group) is 1. The minimum absolute atomic E-state index is 0.000462. The predicted molar refractivity (Wildman–Crippen MR) is 138 cm³/mol. The predicted octanol–water partition coefficient (Wildman–Crippen LogP) is 1.76. The largest absolute Gasteiger partial charge is 0.381 e. The third-order valence-corrected chi connectivity index (χ3v) is 7.95. The second-order valence-corrected chi connectivity index (χ2v) is 10.7. The van der Waals surface area contributed by atoms with Crippen LogP contribution in [0, 0.1) is 11.3 Å². The van der Waals surface area contributed by atoms with Crippen molar-refractivity contribution in [3.05, 3.63) is 48.0 Å². The van der Waals surface area contributed by atoms with E-state index in [-0.39, 0.29) is 29.7 Å². The van der Waals surface area contributed by atoms with Crippen LogP contribution in [0.3, 0.4) is 0 Å². The van der Waals surface area contributed by atoms with Crippen molar-refractivity contribution in [2.45, 2.75) is 50.6 Å². The summed E-state index contributed by atoms with van der Waals surface area (Å²) in [6.07, 6.45) is 8.26. The molecule has 2 fully saturated rings. The highest BCUT2D eigenvalue weighted by molar-refractivity contribution is 5.90. The summed E-state index contributed by atoms with van der Waals surface area (Å²) in [7, 11) is 3.56. The van der Waals surface area contributed by atoms with Crippen LogP contribution in [-0.4, -0.2) is 86.5 Å². The molecule has 1 aromatic carbocycles. The Balaban J connectivity index is 1.57. The molecule has 4 rings (SSSR count). The summed E-state index contributed by atoms with van der Waals surface area (Å²) in [5.41, 5.74) is 0.457. The van der Waals surface area contributed by atoms with Gasteiger partial charge in [-0.05, 0) is 43.6 Å². The molecule has 3 aliphatic rings. The smallest absolute Gasteiger partial charge is 0.243 e. The van der Waals surface area contributed by atoms with E-state index in [0.717, 1.165) is 31.5 Å². The van der Waals surface area contributed by atoms with Crippen LogP contribution in [0.2, 0.25) is 0 Å². The molecule has 0 aliphatic carbocycles. The minimum atomic E-state index is -0.642. The van der Waals surface area contributed by atoms with Crippen LogP contribution < -0.4 is 10.6 Å². The van der Waals surface area contributed by atoms with Gasteiger partial charge in [-0.25, -0.2) is 0 Å². The molecule has 1 aromatic rings. The van der Waals surface area contributed by atoms with Crippen molar-refractivity contribution in [2.75, 3.05) is 46.9 Å². The van der Waals surface area contributed by atoms with E-state index >= 15 is 0 Å². The van der Waals surface area contributed by atoms with Gasteiger partial charge in [0.15, 0.2) is 0 Å². The highest BCUT2D eigenvalue weighted by Crippen LogP contribution is 2.36. The molecule has 0 aromatic heterocycles. The molecule has 3 heterocycles. The number of rotatable bonds is 4. The maximum Gasteiger partial charge on any atom is 0.243 e. The molecule has 0 radical (unpaired) electrons. The average Bonchev–Trinajstić information content (AvgIpc) is 2.88. The first-order valence-electron chi connectivity index (χ1n) is 13.2. The summed E-state index contributed by atoms with van der Waals surface area (Å²) in [5.74, 6) is 0.104. The number of amides is 3. The lowest BCUT2D eigenvalue weighted by molar-refractivity contribution is -0.140. The lowest BCUT2D eigenvalue weighted by atomic mass is 9.75. The summed E-state index contributed by atoms with van der Waals surface area (Å²) in [6.45, 7) is 3.00. The summed E-state index contributed by atoms with van der Waals surface area (Å²) >= 11 is 0. The fourth-order valence-corrected chi connectivity index (χ4v) is 5.53. The Morgan fingerprint density at radius 1 is 1.11 bits per heavy atom. The van der Waals surface area contributed by atoms with Crippen molar-refractivity contribution >= 4 is 17.7 Å². The molecule has 1 spiro atoms. The monoisotopic (exact) mass is 496 g/mol. The number of hydrogen-bond donors (Lipinski definition) is 2.